The Hall–Kier alpha value is -3.75. The maximum Gasteiger partial charge on any atom is 0.239 e. The van der Waals surface area contributed by atoms with E-state index in [2.05, 4.69) is 25.3 Å². The quantitative estimate of drug-likeness (QED) is 0.641. The standard InChI is InChI=1S/C21H22N6O3/c1-12-9-13(2)25-21(24-12)27-18(28)10-17(19(29)30)26-20(27)22-8-7-14-11-23-16-6-4-3-5-15(14)16/h3-6,9,11,17,23H,7-8,10H2,1-2H3,(H,22,26)(H,29,30)/p-1/t17-/m0/s1. The van der Waals surface area contributed by atoms with Crippen LogP contribution in [-0.4, -0.2) is 45.4 Å². The van der Waals surface area contributed by atoms with Gasteiger partial charge in [-0.2, -0.15) is 0 Å². The van der Waals surface area contributed by atoms with Crippen molar-refractivity contribution < 1.29 is 14.7 Å². The van der Waals surface area contributed by atoms with Gasteiger partial charge >= 0.3 is 0 Å². The van der Waals surface area contributed by atoms with E-state index >= 15 is 0 Å². The van der Waals surface area contributed by atoms with Crippen molar-refractivity contribution in [3.63, 3.8) is 0 Å². The third-order valence-electron chi connectivity index (χ3n) is 4.92. The Morgan fingerprint density at radius 1 is 1.27 bits per heavy atom. The predicted octanol–water partition coefficient (Wildman–Crippen LogP) is 0.618. The molecule has 2 N–H and O–H groups in total. The number of amides is 1. The van der Waals surface area contributed by atoms with Crippen LogP contribution in [0.3, 0.4) is 0 Å². The molecule has 1 fully saturated rings. The number of nitrogens with zero attached hydrogens (tertiary/aromatic N) is 4. The minimum absolute atomic E-state index is 0.116. The van der Waals surface area contributed by atoms with E-state index in [0.29, 0.717) is 24.4 Å². The lowest BCUT2D eigenvalue weighted by Crippen LogP contribution is -2.61. The summed E-state index contributed by atoms with van der Waals surface area (Å²) in [4.78, 5) is 41.7. The number of H-pyrrole nitrogens is 1. The fraction of sp³-hybridized carbons (Fsp3) is 0.286. The Bertz CT molecular complexity index is 1130. The van der Waals surface area contributed by atoms with Gasteiger partial charge in [-0.1, -0.05) is 18.2 Å². The first kappa shape index (κ1) is 19.6. The lowest BCUT2D eigenvalue weighted by molar-refractivity contribution is -0.308. The average molecular weight is 405 g/mol. The number of aliphatic imine (C=N–C) groups is 1. The maximum atomic E-state index is 12.7. The first-order valence-corrected chi connectivity index (χ1v) is 9.64. The molecule has 1 aromatic carbocycles. The number of carbonyl (C=O) groups excluding carboxylic acids is 2. The topological polar surface area (TPSA) is 126 Å². The van der Waals surface area contributed by atoms with Gasteiger partial charge in [-0.05, 0) is 38.0 Å². The van der Waals surface area contributed by atoms with E-state index in [4.69, 9.17) is 0 Å². The molecule has 3 aromatic rings. The van der Waals surface area contributed by atoms with Crippen molar-refractivity contribution in [2.45, 2.75) is 32.7 Å². The van der Waals surface area contributed by atoms with Gasteiger partial charge in [0.1, 0.15) is 0 Å². The van der Waals surface area contributed by atoms with Crippen LogP contribution in [0, 0.1) is 13.8 Å². The lowest BCUT2D eigenvalue weighted by atomic mass is 10.1. The summed E-state index contributed by atoms with van der Waals surface area (Å²) < 4.78 is 0. The summed E-state index contributed by atoms with van der Waals surface area (Å²) in [5, 5.41) is 15.3. The van der Waals surface area contributed by atoms with Crippen molar-refractivity contribution in [3.05, 3.63) is 53.5 Å². The number of benzene rings is 1. The van der Waals surface area contributed by atoms with Gasteiger partial charge in [0.25, 0.3) is 0 Å². The molecule has 1 aliphatic rings. The monoisotopic (exact) mass is 405 g/mol. The summed E-state index contributed by atoms with van der Waals surface area (Å²) in [6.07, 6.45) is 2.28. The number of aromatic amines is 1. The van der Waals surface area contributed by atoms with Crippen LogP contribution in [0.4, 0.5) is 5.95 Å². The molecule has 0 bridgehead atoms. The van der Waals surface area contributed by atoms with E-state index in [1.165, 1.54) is 4.90 Å². The molecule has 1 aliphatic heterocycles. The molecular weight excluding hydrogens is 384 g/mol. The molecular formula is C21H21N6O3-. The zero-order valence-corrected chi connectivity index (χ0v) is 16.7. The number of carboxylic acid groups (broad SMARTS) is 1. The number of hydrogen-bond donors (Lipinski definition) is 2. The van der Waals surface area contributed by atoms with Crippen molar-refractivity contribution in [2.75, 3.05) is 11.4 Å². The SMILES string of the molecule is Cc1cc(C)nc(N2C(=O)C[C@@H](C(=O)[O-])NC2=NCCc2c[nH]c3ccccc23)n1. The van der Waals surface area contributed by atoms with Crippen molar-refractivity contribution >= 4 is 34.7 Å². The van der Waals surface area contributed by atoms with Crippen molar-refractivity contribution in [1.29, 1.82) is 0 Å². The highest BCUT2D eigenvalue weighted by Crippen LogP contribution is 2.19. The van der Waals surface area contributed by atoms with E-state index in [-0.39, 0.29) is 18.3 Å². The number of aliphatic carboxylic acids is 1. The molecule has 9 nitrogen and oxygen atoms in total. The molecule has 2 aromatic heterocycles. The Kier molecular flexibility index (Phi) is 5.18. The average Bonchev–Trinajstić information content (AvgIpc) is 3.10. The first-order valence-electron chi connectivity index (χ1n) is 9.64. The molecule has 1 amide bonds. The number of aryl methyl sites for hydroxylation is 2. The van der Waals surface area contributed by atoms with Gasteiger partial charge in [0, 0.05) is 35.0 Å². The number of anilines is 1. The van der Waals surface area contributed by atoms with Gasteiger partial charge in [0.2, 0.25) is 17.8 Å². The molecule has 30 heavy (non-hydrogen) atoms. The largest absolute Gasteiger partial charge is 0.548 e. The van der Waals surface area contributed by atoms with Crippen LogP contribution in [0.1, 0.15) is 23.4 Å². The van der Waals surface area contributed by atoms with E-state index < -0.39 is 17.9 Å². The van der Waals surface area contributed by atoms with Crippen LogP contribution >= 0.6 is 0 Å². The summed E-state index contributed by atoms with van der Waals surface area (Å²) in [6, 6.07) is 8.60. The molecule has 1 saturated heterocycles. The summed E-state index contributed by atoms with van der Waals surface area (Å²) in [5.74, 6) is -1.51. The third kappa shape index (κ3) is 3.86. The lowest BCUT2D eigenvalue weighted by Gasteiger charge is -2.33. The minimum atomic E-state index is -1.35. The second-order valence-corrected chi connectivity index (χ2v) is 7.21. The minimum Gasteiger partial charge on any atom is -0.548 e. The molecule has 0 radical (unpaired) electrons. The third-order valence-corrected chi connectivity index (χ3v) is 4.92. The first-order chi connectivity index (χ1) is 14.4. The number of carbonyl (C=O) groups is 2. The number of nitrogens with one attached hydrogen (secondary N) is 2. The predicted molar refractivity (Wildman–Crippen MR) is 110 cm³/mol. The normalized spacial score (nSPS) is 18.1. The molecule has 0 spiro atoms. The second-order valence-electron chi connectivity index (χ2n) is 7.21. The Morgan fingerprint density at radius 3 is 2.73 bits per heavy atom. The molecule has 9 heteroatoms. The fourth-order valence-corrected chi connectivity index (χ4v) is 3.55. The maximum absolute atomic E-state index is 12.7. The van der Waals surface area contributed by atoms with Crippen LogP contribution in [-0.2, 0) is 16.0 Å². The molecule has 0 saturated carbocycles. The molecule has 1 atom stereocenters. The van der Waals surface area contributed by atoms with Gasteiger partial charge in [0.15, 0.2) is 0 Å². The van der Waals surface area contributed by atoms with E-state index in [1.54, 1.807) is 19.9 Å². The number of fused-ring (bicyclic) bond motifs is 1. The molecule has 0 unspecified atom stereocenters. The summed E-state index contributed by atoms with van der Waals surface area (Å²) >= 11 is 0. The second kappa shape index (κ2) is 7.94. The van der Waals surface area contributed by atoms with Gasteiger partial charge in [-0.3, -0.25) is 9.79 Å². The van der Waals surface area contributed by atoms with Crippen molar-refractivity contribution in [2.24, 2.45) is 4.99 Å². The number of aromatic nitrogens is 3. The molecule has 0 aliphatic carbocycles. The fourth-order valence-electron chi connectivity index (χ4n) is 3.55. The van der Waals surface area contributed by atoms with Crippen LogP contribution in [0.5, 0.6) is 0 Å². The van der Waals surface area contributed by atoms with E-state index in [0.717, 1.165) is 16.5 Å². The molecule has 154 valence electrons. The highest BCUT2D eigenvalue weighted by atomic mass is 16.4. The molecule has 4 rings (SSSR count). The number of rotatable bonds is 5. The number of guanidine groups is 1. The Morgan fingerprint density at radius 2 is 2.00 bits per heavy atom. The van der Waals surface area contributed by atoms with Crippen LogP contribution in [0.15, 0.2) is 41.5 Å². The van der Waals surface area contributed by atoms with Gasteiger partial charge in [-0.25, -0.2) is 14.9 Å². The summed E-state index contributed by atoms with van der Waals surface area (Å²) in [6.45, 7) is 3.95. The van der Waals surface area contributed by atoms with Crippen molar-refractivity contribution in [1.82, 2.24) is 20.3 Å². The van der Waals surface area contributed by atoms with Gasteiger partial charge in [-0.15, -0.1) is 0 Å². The zero-order valence-electron chi connectivity index (χ0n) is 16.7. The smallest absolute Gasteiger partial charge is 0.239 e. The number of carboxylic acids is 1. The van der Waals surface area contributed by atoms with Gasteiger partial charge < -0.3 is 20.2 Å². The van der Waals surface area contributed by atoms with Crippen LogP contribution in [0.2, 0.25) is 0 Å². The zero-order chi connectivity index (χ0) is 21.3. The van der Waals surface area contributed by atoms with E-state index in [9.17, 15) is 14.7 Å². The molecule has 3 heterocycles. The van der Waals surface area contributed by atoms with Crippen LogP contribution < -0.4 is 15.3 Å². The number of para-hydroxylation sites is 1. The van der Waals surface area contributed by atoms with Crippen molar-refractivity contribution in [3.8, 4) is 0 Å². The Balaban J connectivity index is 1.63. The van der Waals surface area contributed by atoms with Gasteiger partial charge in [0.05, 0.1) is 18.4 Å². The highest BCUT2D eigenvalue weighted by molar-refractivity contribution is 6.18. The summed E-state index contributed by atoms with van der Waals surface area (Å²) in [7, 11) is 0. The van der Waals surface area contributed by atoms with Crippen LogP contribution in [0.25, 0.3) is 10.9 Å². The number of hydrogen-bond acceptors (Lipinski definition) is 6. The Labute approximate surface area is 172 Å². The van der Waals surface area contributed by atoms with E-state index in [1.807, 2.05) is 30.5 Å². The summed E-state index contributed by atoms with van der Waals surface area (Å²) in [5.41, 5.74) is 3.52. The highest BCUT2D eigenvalue weighted by Gasteiger charge is 2.34.